The van der Waals surface area contributed by atoms with E-state index in [1.165, 1.54) is 34.8 Å². The van der Waals surface area contributed by atoms with E-state index in [-0.39, 0.29) is 43.3 Å². The SMILES string of the molecule is COc1ccc(S(=O)(=O)N(CC[C@](O)(Cc2ccccc2)C(C(C)C(N)=O)S(=O)(=O)N(Cc2ccccc2)C(c2ccccc2)c2ccccc2)CC(C)C)cc1. The van der Waals surface area contributed by atoms with Crippen LogP contribution in [-0.4, -0.2) is 67.5 Å². The fourth-order valence-electron chi connectivity index (χ4n) is 7.40. The van der Waals surface area contributed by atoms with E-state index < -0.39 is 48.8 Å². The number of hydrogen-bond donors (Lipinski definition) is 2. The molecule has 0 spiro atoms. The largest absolute Gasteiger partial charge is 0.497 e. The summed E-state index contributed by atoms with van der Waals surface area (Å²) in [7, 11) is -7.40. The number of nitrogens with zero attached hydrogens (tertiary/aromatic N) is 2. The maximum atomic E-state index is 15.9. The van der Waals surface area contributed by atoms with E-state index >= 15 is 8.42 Å². The highest BCUT2D eigenvalue weighted by molar-refractivity contribution is 7.90. The minimum atomic E-state index is -4.74. The second-order valence-electron chi connectivity index (χ2n) is 14.9. The number of amides is 1. The van der Waals surface area contributed by atoms with E-state index in [2.05, 4.69) is 0 Å². The Bertz CT molecular complexity index is 2200. The van der Waals surface area contributed by atoms with Gasteiger partial charge in [0.05, 0.1) is 29.6 Å². The monoisotopic (exact) mass is 811 g/mol. The van der Waals surface area contributed by atoms with Crippen LogP contribution in [0.15, 0.2) is 150 Å². The lowest BCUT2D eigenvalue weighted by Crippen LogP contribution is -2.59. The molecule has 0 aliphatic rings. The Balaban J connectivity index is 1.71. The molecule has 57 heavy (non-hydrogen) atoms. The van der Waals surface area contributed by atoms with Gasteiger partial charge in [0, 0.05) is 26.1 Å². The molecular formula is C45H53N3O7S2. The fraction of sp³-hybridized carbons (Fsp3) is 0.311. The third-order valence-corrected chi connectivity index (χ3v) is 14.6. The summed E-state index contributed by atoms with van der Waals surface area (Å²) in [5.41, 5.74) is 6.43. The molecule has 5 aromatic rings. The van der Waals surface area contributed by atoms with Crippen LogP contribution >= 0.6 is 0 Å². The lowest BCUT2D eigenvalue weighted by molar-refractivity contribution is -0.123. The van der Waals surface area contributed by atoms with Crippen LogP contribution < -0.4 is 10.5 Å². The van der Waals surface area contributed by atoms with Crippen molar-refractivity contribution in [2.45, 2.75) is 61.9 Å². The summed E-state index contributed by atoms with van der Waals surface area (Å²) >= 11 is 0. The molecule has 0 aliphatic carbocycles. The number of hydrogen-bond acceptors (Lipinski definition) is 7. The zero-order valence-electron chi connectivity index (χ0n) is 32.9. The van der Waals surface area contributed by atoms with Crippen molar-refractivity contribution in [2.24, 2.45) is 17.6 Å². The predicted octanol–water partition coefficient (Wildman–Crippen LogP) is 6.82. The molecule has 0 bridgehead atoms. The van der Waals surface area contributed by atoms with Crippen molar-refractivity contribution in [2.75, 3.05) is 20.2 Å². The van der Waals surface area contributed by atoms with Crippen LogP contribution in [0.4, 0.5) is 0 Å². The number of carbonyl (C=O) groups is 1. The molecule has 3 N–H and O–H groups in total. The lowest BCUT2D eigenvalue weighted by atomic mass is 9.82. The highest BCUT2D eigenvalue weighted by atomic mass is 32.2. The van der Waals surface area contributed by atoms with Gasteiger partial charge in [-0.1, -0.05) is 142 Å². The Morgan fingerprint density at radius 2 is 1.19 bits per heavy atom. The Morgan fingerprint density at radius 1 is 0.719 bits per heavy atom. The van der Waals surface area contributed by atoms with Gasteiger partial charge in [-0.05, 0) is 58.9 Å². The van der Waals surface area contributed by atoms with E-state index in [1.54, 1.807) is 42.5 Å². The van der Waals surface area contributed by atoms with Gasteiger partial charge in [-0.3, -0.25) is 4.79 Å². The lowest BCUT2D eigenvalue weighted by Gasteiger charge is -2.43. The zero-order chi connectivity index (χ0) is 41.2. The summed E-state index contributed by atoms with van der Waals surface area (Å²) < 4.78 is 68.3. The minimum absolute atomic E-state index is 0.0211. The van der Waals surface area contributed by atoms with Gasteiger partial charge in [-0.25, -0.2) is 16.8 Å². The fourth-order valence-corrected chi connectivity index (χ4v) is 11.6. The van der Waals surface area contributed by atoms with Gasteiger partial charge >= 0.3 is 0 Å². The number of rotatable bonds is 20. The van der Waals surface area contributed by atoms with Crippen molar-refractivity contribution in [1.29, 1.82) is 0 Å². The number of nitrogens with two attached hydrogens (primary N) is 1. The molecule has 10 nitrogen and oxygen atoms in total. The minimum Gasteiger partial charge on any atom is -0.497 e. The van der Waals surface area contributed by atoms with Crippen LogP contribution in [0.25, 0.3) is 0 Å². The van der Waals surface area contributed by atoms with E-state index in [4.69, 9.17) is 10.5 Å². The molecule has 0 radical (unpaired) electrons. The Hall–Kier alpha value is -4.85. The number of benzene rings is 5. The number of primary amides is 1. The van der Waals surface area contributed by atoms with Crippen LogP contribution in [-0.2, 0) is 37.8 Å². The van der Waals surface area contributed by atoms with E-state index in [0.717, 1.165) is 0 Å². The average molecular weight is 812 g/mol. The third kappa shape index (κ3) is 10.6. The first-order valence-electron chi connectivity index (χ1n) is 19.0. The first kappa shape index (κ1) is 43.3. The molecular weight excluding hydrogens is 759 g/mol. The maximum Gasteiger partial charge on any atom is 0.243 e. The van der Waals surface area contributed by atoms with Crippen molar-refractivity contribution >= 4 is 26.0 Å². The van der Waals surface area contributed by atoms with Crippen molar-refractivity contribution in [3.05, 3.63) is 168 Å². The first-order valence-corrected chi connectivity index (χ1v) is 22.0. The number of methoxy groups -OCH3 is 1. The average Bonchev–Trinajstić information content (AvgIpc) is 3.20. The van der Waals surface area contributed by atoms with Gasteiger partial charge in [0.1, 0.15) is 11.0 Å². The van der Waals surface area contributed by atoms with Gasteiger partial charge in [-0.15, -0.1) is 0 Å². The molecule has 0 aliphatic heterocycles. The van der Waals surface area contributed by atoms with Crippen LogP contribution in [0, 0.1) is 11.8 Å². The standard InChI is InChI=1S/C45H53N3O7S2/c1-34(2)32-47(56(51,52)41-27-25-40(55-4)26-28-41)30-29-45(50,31-36-17-9-5-10-18-36)43(35(3)44(46)49)57(53,54)48(33-37-19-11-6-12-20-37)42(38-21-13-7-14-22-38)39-23-15-8-16-24-39/h5-28,34-35,42-43,50H,29-33H2,1-4H3,(H2,46,49)/t35?,43?,45-/m0/s1. The summed E-state index contributed by atoms with van der Waals surface area (Å²) in [6.45, 7) is 4.90. The van der Waals surface area contributed by atoms with E-state index in [0.29, 0.717) is 28.0 Å². The van der Waals surface area contributed by atoms with Gasteiger partial charge < -0.3 is 15.6 Å². The second-order valence-corrected chi connectivity index (χ2v) is 18.8. The van der Waals surface area contributed by atoms with Crippen molar-refractivity contribution in [3.8, 4) is 5.75 Å². The van der Waals surface area contributed by atoms with Crippen LogP contribution in [0.1, 0.15) is 55.5 Å². The summed E-state index contributed by atoms with van der Waals surface area (Å²) in [6.07, 6.45) is -0.556. The molecule has 0 aromatic heterocycles. The Kier molecular flexibility index (Phi) is 14.5. The summed E-state index contributed by atoms with van der Waals surface area (Å²) in [5.74, 6) is -1.97. The highest BCUT2D eigenvalue weighted by Gasteiger charge is 2.53. The molecule has 0 saturated carbocycles. The summed E-state index contributed by atoms with van der Waals surface area (Å²) in [4.78, 5) is 13.4. The number of carbonyl (C=O) groups excluding carboxylic acids is 1. The molecule has 1 amide bonds. The highest BCUT2D eigenvalue weighted by Crippen LogP contribution is 2.40. The first-order chi connectivity index (χ1) is 27.2. The van der Waals surface area contributed by atoms with Gasteiger partial charge in [0.2, 0.25) is 26.0 Å². The van der Waals surface area contributed by atoms with Crippen molar-refractivity contribution < 1.29 is 31.5 Å². The Labute approximate surface area is 338 Å². The molecule has 3 atom stereocenters. The predicted molar refractivity (Wildman–Crippen MR) is 224 cm³/mol. The van der Waals surface area contributed by atoms with Gasteiger partial charge in [0.15, 0.2) is 0 Å². The smallest absolute Gasteiger partial charge is 0.243 e. The number of ether oxygens (including phenoxy) is 1. The number of aliphatic hydroxyl groups is 1. The third-order valence-electron chi connectivity index (χ3n) is 10.2. The molecule has 2 unspecified atom stereocenters. The van der Waals surface area contributed by atoms with Crippen LogP contribution in [0.2, 0.25) is 0 Å². The molecule has 0 fully saturated rings. The molecule has 0 saturated heterocycles. The van der Waals surface area contributed by atoms with E-state index in [1.807, 2.05) is 105 Å². The topological polar surface area (TPSA) is 147 Å². The molecule has 5 aromatic carbocycles. The van der Waals surface area contributed by atoms with Gasteiger partial charge in [0.25, 0.3) is 0 Å². The van der Waals surface area contributed by atoms with Crippen LogP contribution in [0.3, 0.4) is 0 Å². The summed E-state index contributed by atoms with van der Waals surface area (Å²) in [6, 6.07) is 41.6. The Morgan fingerprint density at radius 3 is 1.65 bits per heavy atom. The molecule has 302 valence electrons. The molecule has 0 heterocycles. The molecule has 5 rings (SSSR count). The quantitative estimate of drug-likeness (QED) is 0.0878. The molecule has 12 heteroatoms. The van der Waals surface area contributed by atoms with Crippen molar-refractivity contribution in [1.82, 2.24) is 8.61 Å². The second kappa shape index (κ2) is 19.1. The maximum absolute atomic E-state index is 15.9. The normalized spacial score (nSPS) is 14.4. The van der Waals surface area contributed by atoms with Crippen molar-refractivity contribution in [3.63, 3.8) is 0 Å². The number of sulfonamides is 2. The zero-order valence-corrected chi connectivity index (χ0v) is 34.5. The van der Waals surface area contributed by atoms with Gasteiger partial charge in [-0.2, -0.15) is 8.61 Å². The summed E-state index contributed by atoms with van der Waals surface area (Å²) in [5, 5.41) is 11.4. The van der Waals surface area contributed by atoms with E-state index in [9.17, 15) is 18.3 Å². The van der Waals surface area contributed by atoms with Crippen LogP contribution in [0.5, 0.6) is 5.75 Å².